The molecule has 0 saturated carbocycles. The molecule has 2 aromatic carbocycles. The van der Waals surface area contributed by atoms with E-state index in [0.29, 0.717) is 11.6 Å². The summed E-state index contributed by atoms with van der Waals surface area (Å²) in [6.07, 6.45) is 3.48. The average Bonchev–Trinajstić information content (AvgIpc) is 2.74. The molecule has 0 spiro atoms. The molecule has 5 nitrogen and oxygen atoms in total. The second-order valence-corrected chi connectivity index (χ2v) is 7.10. The SMILES string of the molecule is CCc1cccc(C)c1NC(=O)c1ccnc(N2CCc3ccccc3C2)n1. The van der Waals surface area contributed by atoms with E-state index in [9.17, 15) is 4.79 Å². The Morgan fingerprint density at radius 2 is 1.93 bits per heavy atom. The molecule has 1 amide bonds. The normalized spacial score (nSPS) is 13.1. The Morgan fingerprint density at radius 1 is 1.11 bits per heavy atom. The number of amides is 1. The Bertz CT molecular complexity index is 1010. The Balaban J connectivity index is 1.55. The van der Waals surface area contributed by atoms with Gasteiger partial charge in [-0.1, -0.05) is 49.4 Å². The summed E-state index contributed by atoms with van der Waals surface area (Å²) in [5, 5.41) is 3.04. The number of hydrogen-bond acceptors (Lipinski definition) is 4. The molecule has 1 aliphatic heterocycles. The van der Waals surface area contributed by atoms with Crippen molar-refractivity contribution in [3.8, 4) is 0 Å². The molecule has 3 aromatic rings. The van der Waals surface area contributed by atoms with Crippen molar-refractivity contribution in [2.24, 2.45) is 0 Å². The molecular formula is C23H24N4O. The van der Waals surface area contributed by atoms with Gasteiger partial charge >= 0.3 is 0 Å². The van der Waals surface area contributed by atoms with Crippen LogP contribution < -0.4 is 10.2 Å². The number of para-hydroxylation sites is 1. The van der Waals surface area contributed by atoms with Crippen molar-refractivity contribution in [1.29, 1.82) is 0 Å². The summed E-state index contributed by atoms with van der Waals surface area (Å²) < 4.78 is 0. The number of hydrogen-bond donors (Lipinski definition) is 1. The molecule has 0 atom stereocenters. The zero-order chi connectivity index (χ0) is 19.5. The van der Waals surface area contributed by atoms with Crippen molar-refractivity contribution in [1.82, 2.24) is 9.97 Å². The third-order valence-corrected chi connectivity index (χ3v) is 5.27. The summed E-state index contributed by atoms with van der Waals surface area (Å²) in [5.41, 5.74) is 6.10. The summed E-state index contributed by atoms with van der Waals surface area (Å²) in [4.78, 5) is 23.9. The van der Waals surface area contributed by atoms with Gasteiger partial charge in [0.1, 0.15) is 5.69 Å². The topological polar surface area (TPSA) is 58.1 Å². The number of aromatic nitrogens is 2. The van der Waals surface area contributed by atoms with Gasteiger partial charge in [-0.25, -0.2) is 9.97 Å². The lowest BCUT2D eigenvalue weighted by molar-refractivity contribution is 0.102. The number of nitrogens with one attached hydrogen (secondary N) is 1. The van der Waals surface area contributed by atoms with Crippen LogP contribution in [-0.4, -0.2) is 22.4 Å². The fourth-order valence-corrected chi connectivity index (χ4v) is 3.67. The molecule has 0 unspecified atom stereocenters. The summed E-state index contributed by atoms with van der Waals surface area (Å²) in [6.45, 7) is 5.70. The van der Waals surface area contributed by atoms with E-state index < -0.39 is 0 Å². The van der Waals surface area contributed by atoms with E-state index in [1.807, 2.05) is 25.1 Å². The number of aryl methyl sites for hydroxylation is 2. The van der Waals surface area contributed by atoms with Crippen molar-refractivity contribution < 1.29 is 4.79 Å². The minimum absolute atomic E-state index is 0.204. The van der Waals surface area contributed by atoms with Gasteiger partial charge in [-0.3, -0.25) is 4.79 Å². The van der Waals surface area contributed by atoms with E-state index in [1.165, 1.54) is 11.1 Å². The van der Waals surface area contributed by atoms with Gasteiger partial charge < -0.3 is 10.2 Å². The lowest BCUT2D eigenvalue weighted by Gasteiger charge is -2.28. The third-order valence-electron chi connectivity index (χ3n) is 5.27. The first-order chi connectivity index (χ1) is 13.7. The van der Waals surface area contributed by atoms with Gasteiger partial charge in [0, 0.05) is 25.0 Å². The van der Waals surface area contributed by atoms with Crippen LogP contribution in [0.5, 0.6) is 0 Å². The molecule has 4 rings (SSSR count). The highest BCUT2D eigenvalue weighted by Crippen LogP contribution is 2.23. The number of fused-ring (bicyclic) bond motifs is 1. The van der Waals surface area contributed by atoms with Crippen LogP contribution in [0.2, 0.25) is 0 Å². The molecule has 0 saturated heterocycles. The second-order valence-electron chi connectivity index (χ2n) is 7.10. The van der Waals surface area contributed by atoms with Crippen molar-refractivity contribution in [2.75, 3.05) is 16.8 Å². The van der Waals surface area contributed by atoms with E-state index in [0.717, 1.165) is 42.7 Å². The van der Waals surface area contributed by atoms with Gasteiger partial charge in [0.05, 0.1) is 0 Å². The van der Waals surface area contributed by atoms with E-state index in [1.54, 1.807) is 12.3 Å². The maximum Gasteiger partial charge on any atom is 0.274 e. The van der Waals surface area contributed by atoms with Gasteiger partial charge in [0.2, 0.25) is 5.95 Å². The molecule has 28 heavy (non-hydrogen) atoms. The third kappa shape index (κ3) is 3.60. The maximum atomic E-state index is 12.8. The molecule has 0 fully saturated rings. The van der Waals surface area contributed by atoms with Crippen LogP contribution in [0.4, 0.5) is 11.6 Å². The number of anilines is 2. The first kappa shape index (κ1) is 18.2. The second kappa shape index (κ2) is 7.80. The molecule has 1 aromatic heterocycles. The quantitative estimate of drug-likeness (QED) is 0.747. The highest BCUT2D eigenvalue weighted by atomic mass is 16.1. The number of carbonyl (C=O) groups is 1. The number of benzene rings is 2. The number of rotatable bonds is 4. The van der Waals surface area contributed by atoms with Gasteiger partial charge in [-0.15, -0.1) is 0 Å². The van der Waals surface area contributed by atoms with Crippen LogP contribution >= 0.6 is 0 Å². The van der Waals surface area contributed by atoms with Crippen LogP contribution in [0.25, 0.3) is 0 Å². The van der Waals surface area contributed by atoms with E-state index in [2.05, 4.69) is 51.4 Å². The average molecular weight is 372 g/mol. The van der Waals surface area contributed by atoms with Gasteiger partial charge in [0.15, 0.2) is 0 Å². The fraction of sp³-hybridized carbons (Fsp3) is 0.261. The fourth-order valence-electron chi connectivity index (χ4n) is 3.67. The van der Waals surface area contributed by atoms with Crippen LogP contribution in [0.1, 0.15) is 39.7 Å². The first-order valence-electron chi connectivity index (χ1n) is 9.70. The van der Waals surface area contributed by atoms with Crippen LogP contribution in [-0.2, 0) is 19.4 Å². The van der Waals surface area contributed by atoms with Crippen LogP contribution in [0, 0.1) is 6.92 Å². The van der Waals surface area contributed by atoms with Crippen molar-refractivity contribution in [3.63, 3.8) is 0 Å². The van der Waals surface area contributed by atoms with Crippen molar-refractivity contribution >= 4 is 17.5 Å². The Kier molecular flexibility index (Phi) is 5.06. The van der Waals surface area contributed by atoms with Gasteiger partial charge in [-0.05, 0) is 48.1 Å². The van der Waals surface area contributed by atoms with Crippen LogP contribution in [0.15, 0.2) is 54.7 Å². The van der Waals surface area contributed by atoms with E-state index >= 15 is 0 Å². The van der Waals surface area contributed by atoms with E-state index in [-0.39, 0.29) is 5.91 Å². The molecule has 0 aliphatic carbocycles. The van der Waals surface area contributed by atoms with Crippen LogP contribution in [0.3, 0.4) is 0 Å². The summed E-state index contributed by atoms with van der Waals surface area (Å²) in [7, 11) is 0. The Labute approximate surface area is 165 Å². The molecule has 5 heteroatoms. The highest BCUT2D eigenvalue weighted by molar-refractivity contribution is 6.03. The lowest BCUT2D eigenvalue weighted by Crippen LogP contribution is -2.32. The molecule has 1 aliphatic rings. The van der Waals surface area contributed by atoms with Gasteiger partial charge in [-0.2, -0.15) is 0 Å². The zero-order valence-electron chi connectivity index (χ0n) is 16.3. The predicted molar refractivity (Wildman–Crippen MR) is 112 cm³/mol. The minimum atomic E-state index is -0.204. The van der Waals surface area contributed by atoms with Crippen molar-refractivity contribution in [2.45, 2.75) is 33.2 Å². The zero-order valence-corrected chi connectivity index (χ0v) is 16.3. The smallest absolute Gasteiger partial charge is 0.274 e. The summed E-state index contributed by atoms with van der Waals surface area (Å²) in [6, 6.07) is 16.2. The lowest BCUT2D eigenvalue weighted by atomic mass is 10.0. The van der Waals surface area contributed by atoms with Crippen molar-refractivity contribution in [3.05, 3.63) is 82.7 Å². The molecule has 0 radical (unpaired) electrons. The standard InChI is InChI=1S/C23H24N4O/c1-3-17-10-6-7-16(2)21(17)26-22(28)20-11-13-24-23(25-20)27-14-12-18-8-4-5-9-19(18)15-27/h4-11,13H,3,12,14-15H2,1-2H3,(H,26,28). The number of nitrogens with zero attached hydrogens (tertiary/aromatic N) is 3. The summed E-state index contributed by atoms with van der Waals surface area (Å²) >= 11 is 0. The Hall–Kier alpha value is -3.21. The van der Waals surface area contributed by atoms with E-state index in [4.69, 9.17) is 0 Å². The number of carbonyl (C=O) groups excluding carboxylic acids is 1. The minimum Gasteiger partial charge on any atom is -0.336 e. The molecule has 142 valence electrons. The molecule has 2 heterocycles. The molecular weight excluding hydrogens is 348 g/mol. The van der Waals surface area contributed by atoms with Gasteiger partial charge in [0.25, 0.3) is 5.91 Å². The molecule has 0 bridgehead atoms. The molecule has 1 N–H and O–H groups in total. The highest BCUT2D eigenvalue weighted by Gasteiger charge is 2.20. The Morgan fingerprint density at radius 3 is 2.75 bits per heavy atom. The predicted octanol–water partition coefficient (Wildman–Crippen LogP) is 4.16. The monoisotopic (exact) mass is 372 g/mol. The maximum absolute atomic E-state index is 12.8. The first-order valence-corrected chi connectivity index (χ1v) is 9.70. The summed E-state index contributed by atoms with van der Waals surface area (Å²) in [5.74, 6) is 0.396. The largest absolute Gasteiger partial charge is 0.336 e.